The topological polar surface area (TPSA) is 75.5 Å². The lowest BCUT2D eigenvalue weighted by molar-refractivity contribution is 0.102. The van der Waals surface area contributed by atoms with E-state index in [4.69, 9.17) is 0 Å². The molecular formula is C18H18N4O2. The fourth-order valence-corrected chi connectivity index (χ4v) is 2.36. The van der Waals surface area contributed by atoms with E-state index in [0.717, 1.165) is 11.9 Å². The third-order valence-electron chi connectivity index (χ3n) is 3.58. The number of nitrogens with one attached hydrogen (secondary N) is 2. The average molecular weight is 322 g/mol. The Morgan fingerprint density at radius 2 is 1.92 bits per heavy atom. The summed E-state index contributed by atoms with van der Waals surface area (Å²) in [6.45, 7) is 2.61. The minimum absolute atomic E-state index is 0.164. The number of benzene rings is 1. The van der Waals surface area contributed by atoms with Gasteiger partial charge in [0.1, 0.15) is 0 Å². The number of imidazole rings is 1. The number of fused-ring (bicyclic) bond motifs is 1. The second-order valence-electron chi connectivity index (χ2n) is 5.36. The van der Waals surface area contributed by atoms with Gasteiger partial charge < -0.3 is 10.6 Å². The number of pyridine rings is 1. The molecule has 122 valence electrons. The van der Waals surface area contributed by atoms with Crippen LogP contribution in [0, 0.1) is 0 Å². The summed E-state index contributed by atoms with van der Waals surface area (Å²) >= 11 is 0. The largest absolute Gasteiger partial charge is 0.338 e. The number of carbonyl (C=O) groups excluding carboxylic acids is 2. The number of carbonyl (C=O) groups is 2. The van der Waals surface area contributed by atoms with Crippen molar-refractivity contribution in [3.63, 3.8) is 0 Å². The van der Waals surface area contributed by atoms with Gasteiger partial charge in [-0.25, -0.2) is 9.78 Å². The first-order valence-electron chi connectivity index (χ1n) is 7.80. The highest BCUT2D eigenvalue weighted by Gasteiger charge is 2.15. The monoisotopic (exact) mass is 322 g/mol. The molecular weight excluding hydrogens is 304 g/mol. The van der Waals surface area contributed by atoms with Gasteiger partial charge in [0.05, 0.1) is 11.7 Å². The normalized spacial score (nSPS) is 10.5. The van der Waals surface area contributed by atoms with Crippen LogP contribution in [0.25, 0.3) is 5.52 Å². The summed E-state index contributed by atoms with van der Waals surface area (Å²) in [7, 11) is 0. The summed E-state index contributed by atoms with van der Waals surface area (Å²) in [5.41, 5.74) is 2.02. The van der Waals surface area contributed by atoms with E-state index < -0.39 is 0 Å². The molecule has 6 nitrogen and oxygen atoms in total. The van der Waals surface area contributed by atoms with Crippen molar-refractivity contribution in [1.82, 2.24) is 14.7 Å². The Morgan fingerprint density at radius 3 is 2.67 bits per heavy atom. The van der Waals surface area contributed by atoms with Gasteiger partial charge in [0.15, 0.2) is 5.82 Å². The lowest BCUT2D eigenvalue weighted by Gasteiger charge is -2.07. The molecule has 0 saturated carbocycles. The number of nitrogens with zero attached hydrogens (tertiary/aromatic N) is 2. The Morgan fingerprint density at radius 1 is 1.12 bits per heavy atom. The average Bonchev–Trinajstić information content (AvgIpc) is 3.04. The maximum atomic E-state index is 12.6. The molecule has 2 heterocycles. The van der Waals surface area contributed by atoms with Crippen molar-refractivity contribution >= 4 is 23.0 Å². The van der Waals surface area contributed by atoms with E-state index in [9.17, 15) is 9.59 Å². The molecule has 1 aromatic carbocycles. The number of hydrogen-bond acceptors (Lipinski definition) is 3. The summed E-state index contributed by atoms with van der Waals surface area (Å²) < 4.78 is 1.76. The third-order valence-corrected chi connectivity index (χ3v) is 3.58. The Hall–Kier alpha value is -3.15. The SMILES string of the molecule is CCCNC(=O)Nc1ccc(C(=O)c2ncc3ccccn23)cc1. The summed E-state index contributed by atoms with van der Waals surface area (Å²) in [5.74, 6) is 0.204. The van der Waals surface area contributed by atoms with Crippen LogP contribution in [0.1, 0.15) is 29.5 Å². The van der Waals surface area contributed by atoms with Crippen LogP contribution in [0.4, 0.5) is 10.5 Å². The molecule has 0 bridgehead atoms. The van der Waals surface area contributed by atoms with Crippen LogP contribution in [0.3, 0.4) is 0 Å². The molecule has 0 aliphatic heterocycles. The van der Waals surface area contributed by atoms with Crippen molar-refractivity contribution in [2.75, 3.05) is 11.9 Å². The Kier molecular flexibility index (Phi) is 4.56. The van der Waals surface area contributed by atoms with E-state index in [1.807, 2.05) is 31.3 Å². The van der Waals surface area contributed by atoms with Crippen molar-refractivity contribution in [3.8, 4) is 0 Å². The summed E-state index contributed by atoms with van der Waals surface area (Å²) in [5, 5.41) is 5.46. The Labute approximate surface area is 139 Å². The molecule has 0 aliphatic rings. The van der Waals surface area contributed by atoms with Gasteiger partial charge in [0, 0.05) is 24.0 Å². The van der Waals surface area contributed by atoms with E-state index >= 15 is 0 Å². The summed E-state index contributed by atoms with van der Waals surface area (Å²) in [6.07, 6.45) is 4.35. The van der Waals surface area contributed by atoms with Crippen molar-refractivity contribution < 1.29 is 9.59 Å². The minimum Gasteiger partial charge on any atom is -0.338 e. The number of ketones is 1. The van der Waals surface area contributed by atoms with Crippen LogP contribution in [0.15, 0.2) is 54.9 Å². The molecule has 0 spiro atoms. The number of urea groups is 1. The molecule has 3 rings (SSSR count). The fraction of sp³-hybridized carbons (Fsp3) is 0.167. The predicted octanol–water partition coefficient (Wildman–Crippen LogP) is 3.10. The minimum atomic E-state index is -0.254. The molecule has 0 aliphatic carbocycles. The van der Waals surface area contributed by atoms with Gasteiger partial charge in [0.2, 0.25) is 5.78 Å². The second kappa shape index (κ2) is 6.95. The molecule has 3 aromatic rings. The van der Waals surface area contributed by atoms with Crippen LogP contribution >= 0.6 is 0 Å². The molecule has 24 heavy (non-hydrogen) atoms. The number of amides is 2. The number of hydrogen-bond donors (Lipinski definition) is 2. The third kappa shape index (κ3) is 3.27. The van der Waals surface area contributed by atoms with Gasteiger partial charge >= 0.3 is 6.03 Å². The summed E-state index contributed by atoms with van der Waals surface area (Å²) in [4.78, 5) is 28.4. The molecule has 0 radical (unpaired) electrons. The van der Waals surface area contributed by atoms with Gasteiger partial charge in [-0.1, -0.05) is 13.0 Å². The highest BCUT2D eigenvalue weighted by Crippen LogP contribution is 2.14. The first-order chi connectivity index (χ1) is 11.7. The van der Waals surface area contributed by atoms with Crippen LogP contribution in [0.5, 0.6) is 0 Å². The smallest absolute Gasteiger partial charge is 0.319 e. The van der Waals surface area contributed by atoms with Crippen LogP contribution < -0.4 is 10.6 Å². The zero-order valence-corrected chi connectivity index (χ0v) is 13.3. The molecule has 2 aromatic heterocycles. The zero-order chi connectivity index (χ0) is 16.9. The molecule has 0 unspecified atom stereocenters. The van der Waals surface area contributed by atoms with Gasteiger partial charge in [-0.05, 0) is 42.8 Å². The fourth-order valence-electron chi connectivity index (χ4n) is 2.36. The maximum Gasteiger partial charge on any atom is 0.319 e. The first-order valence-corrected chi connectivity index (χ1v) is 7.80. The molecule has 2 N–H and O–H groups in total. The lowest BCUT2D eigenvalue weighted by Crippen LogP contribution is -2.29. The molecule has 2 amide bonds. The van der Waals surface area contributed by atoms with Gasteiger partial charge in [-0.2, -0.15) is 0 Å². The van der Waals surface area contributed by atoms with Gasteiger partial charge in [-0.3, -0.25) is 9.20 Å². The van der Waals surface area contributed by atoms with Crippen molar-refractivity contribution in [2.24, 2.45) is 0 Å². The van der Waals surface area contributed by atoms with Crippen molar-refractivity contribution in [1.29, 1.82) is 0 Å². The van der Waals surface area contributed by atoms with E-state index in [2.05, 4.69) is 15.6 Å². The number of aromatic nitrogens is 2. The highest BCUT2D eigenvalue weighted by atomic mass is 16.2. The Balaban J connectivity index is 1.75. The number of anilines is 1. The first kappa shape index (κ1) is 15.7. The van der Waals surface area contributed by atoms with Crippen LogP contribution in [0.2, 0.25) is 0 Å². The van der Waals surface area contributed by atoms with Crippen molar-refractivity contribution in [2.45, 2.75) is 13.3 Å². The second-order valence-corrected chi connectivity index (χ2v) is 5.36. The molecule has 0 atom stereocenters. The van der Waals surface area contributed by atoms with E-state index in [-0.39, 0.29) is 11.8 Å². The number of rotatable bonds is 5. The van der Waals surface area contributed by atoms with E-state index in [0.29, 0.717) is 23.6 Å². The van der Waals surface area contributed by atoms with Crippen molar-refractivity contribution in [3.05, 3.63) is 66.2 Å². The van der Waals surface area contributed by atoms with E-state index in [1.54, 1.807) is 34.9 Å². The lowest BCUT2D eigenvalue weighted by atomic mass is 10.1. The van der Waals surface area contributed by atoms with Gasteiger partial charge in [-0.15, -0.1) is 0 Å². The summed E-state index contributed by atoms with van der Waals surface area (Å²) in [6, 6.07) is 12.2. The maximum absolute atomic E-state index is 12.6. The van der Waals surface area contributed by atoms with Crippen LogP contribution in [-0.4, -0.2) is 27.7 Å². The van der Waals surface area contributed by atoms with Gasteiger partial charge in [0.25, 0.3) is 0 Å². The Bertz CT molecular complexity index is 868. The molecule has 6 heteroatoms. The standard InChI is InChI=1S/C18H18N4O2/c1-2-10-19-18(24)21-14-8-6-13(7-9-14)16(23)17-20-12-15-5-3-4-11-22(15)17/h3-9,11-12H,2,10H2,1H3,(H2,19,21,24). The predicted molar refractivity (Wildman–Crippen MR) is 92.4 cm³/mol. The quantitative estimate of drug-likeness (QED) is 0.709. The molecule has 0 saturated heterocycles. The highest BCUT2D eigenvalue weighted by molar-refractivity contribution is 6.07. The zero-order valence-electron chi connectivity index (χ0n) is 13.3. The van der Waals surface area contributed by atoms with E-state index in [1.165, 1.54) is 0 Å². The molecule has 0 fully saturated rings. The van der Waals surface area contributed by atoms with Crippen LogP contribution in [-0.2, 0) is 0 Å².